The van der Waals surface area contributed by atoms with Crippen molar-refractivity contribution in [3.8, 4) is 17.7 Å². The van der Waals surface area contributed by atoms with Crippen LogP contribution in [0.15, 0.2) is 32.6 Å². The number of esters is 1. The smallest absolute Gasteiger partial charge is 0.358 e. The largest absolute Gasteiger partial charge is 0.459 e. The van der Waals surface area contributed by atoms with E-state index < -0.39 is 5.97 Å². The molecule has 1 amide bonds. The number of nitrogens with zero attached hydrogens (tertiary/aromatic N) is 5. The Kier molecular flexibility index (Phi) is 6.48. The molecule has 1 aliphatic rings. The zero-order valence-corrected chi connectivity index (χ0v) is 18.0. The molecule has 0 N–H and O–H groups in total. The van der Waals surface area contributed by atoms with Gasteiger partial charge in [0.1, 0.15) is 11.1 Å². The number of carbonyl (C=O) groups excluding carboxylic acids is 2. The van der Waals surface area contributed by atoms with Crippen molar-refractivity contribution in [3.63, 3.8) is 0 Å². The molecular weight excluding hydrogens is 438 g/mol. The van der Waals surface area contributed by atoms with Gasteiger partial charge in [-0.3, -0.25) is 4.79 Å². The molecule has 11 nitrogen and oxygen atoms in total. The van der Waals surface area contributed by atoms with Crippen LogP contribution in [-0.2, 0) is 20.9 Å². The number of anilines is 1. The third kappa shape index (κ3) is 4.63. The Bertz CT molecular complexity index is 1120. The topological polar surface area (TPSA) is 135 Å². The van der Waals surface area contributed by atoms with Crippen LogP contribution in [0.1, 0.15) is 21.2 Å². The van der Waals surface area contributed by atoms with Crippen molar-refractivity contribution < 1.29 is 27.9 Å². The number of aromatic nitrogens is 2. The number of ether oxygens (including phenoxy) is 2. The zero-order chi connectivity index (χ0) is 22.5. The van der Waals surface area contributed by atoms with Gasteiger partial charge in [-0.1, -0.05) is 0 Å². The zero-order valence-electron chi connectivity index (χ0n) is 17.1. The van der Waals surface area contributed by atoms with Crippen molar-refractivity contribution >= 4 is 29.1 Å². The van der Waals surface area contributed by atoms with Crippen LogP contribution in [0.3, 0.4) is 0 Å². The number of carbonyl (C=O) groups is 2. The van der Waals surface area contributed by atoms with Crippen LogP contribution in [0.5, 0.6) is 0 Å². The monoisotopic (exact) mass is 457 g/mol. The Hall–Kier alpha value is -3.69. The van der Waals surface area contributed by atoms with Gasteiger partial charge < -0.3 is 28.1 Å². The van der Waals surface area contributed by atoms with E-state index in [0.29, 0.717) is 49.4 Å². The molecule has 1 saturated heterocycles. The summed E-state index contributed by atoms with van der Waals surface area (Å²) in [6.07, 6.45) is 1.50. The molecule has 0 bridgehead atoms. The lowest BCUT2D eigenvalue weighted by Gasteiger charge is -2.34. The van der Waals surface area contributed by atoms with E-state index in [1.54, 1.807) is 29.5 Å². The van der Waals surface area contributed by atoms with Crippen molar-refractivity contribution in [1.82, 2.24) is 14.9 Å². The number of furan rings is 1. The molecule has 166 valence electrons. The second-order valence-electron chi connectivity index (χ2n) is 6.77. The van der Waals surface area contributed by atoms with Gasteiger partial charge in [-0.2, -0.15) is 10.2 Å². The number of rotatable bonds is 7. The van der Waals surface area contributed by atoms with Crippen molar-refractivity contribution in [2.75, 3.05) is 44.8 Å². The first kappa shape index (κ1) is 21.5. The molecule has 1 aliphatic heterocycles. The Morgan fingerprint density at radius 1 is 1.28 bits per heavy atom. The third-order valence-electron chi connectivity index (χ3n) is 4.72. The number of piperazine rings is 1. The number of nitriles is 1. The number of oxazole rings is 1. The Balaban J connectivity index is 1.30. The lowest BCUT2D eigenvalue weighted by molar-refractivity contribution is -0.134. The molecule has 0 aromatic carbocycles. The molecule has 0 spiro atoms. The third-order valence-corrected chi connectivity index (χ3v) is 5.54. The predicted molar refractivity (Wildman–Crippen MR) is 111 cm³/mol. The van der Waals surface area contributed by atoms with Crippen LogP contribution < -0.4 is 4.90 Å². The molecule has 12 heteroatoms. The van der Waals surface area contributed by atoms with Crippen LogP contribution in [0.2, 0.25) is 0 Å². The summed E-state index contributed by atoms with van der Waals surface area (Å²) in [6.45, 7) is 1.58. The number of hydrogen-bond acceptors (Lipinski definition) is 11. The van der Waals surface area contributed by atoms with Gasteiger partial charge in [-0.25, -0.2) is 9.78 Å². The summed E-state index contributed by atoms with van der Waals surface area (Å²) < 4.78 is 21.1. The minimum absolute atomic E-state index is 0.154. The molecule has 4 rings (SSSR count). The van der Waals surface area contributed by atoms with E-state index in [1.807, 2.05) is 11.0 Å². The van der Waals surface area contributed by atoms with Gasteiger partial charge >= 0.3 is 5.97 Å². The number of methoxy groups -OCH3 is 1. The predicted octanol–water partition coefficient (Wildman–Crippen LogP) is 1.91. The molecule has 0 aliphatic carbocycles. The van der Waals surface area contributed by atoms with E-state index in [9.17, 15) is 14.9 Å². The summed E-state index contributed by atoms with van der Waals surface area (Å²) in [5.74, 6) is 0.0365. The molecule has 1 fully saturated rings. The van der Waals surface area contributed by atoms with Gasteiger partial charge in [0.15, 0.2) is 18.1 Å². The Labute approximate surface area is 186 Å². The summed E-state index contributed by atoms with van der Waals surface area (Å²) in [5.41, 5.74) is 0.308. The summed E-state index contributed by atoms with van der Waals surface area (Å²) in [5, 5.41) is 11.6. The Morgan fingerprint density at radius 2 is 2.09 bits per heavy atom. The van der Waals surface area contributed by atoms with Crippen LogP contribution in [0, 0.1) is 11.3 Å². The van der Waals surface area contributed by atoms with E-state index in [0.717, 1.165) is 0 Å². The lowest BCUT2D eigenvalue weighted by atomic mass is 10.3. The second-order valence-corrected chi connectivity index (χ2v) is 7.71. The standard InChI is InChI=1S/C20H19N5O6S/c1-28-10-16-22-14(12-32-16)20(27)30-11-17(26)24-4-6-25(7-5-24)19-13(9-21)23-18(31-19)15-3-2-8-29-15/h2-3,8,12H,4-7,10-11H2,1H3. The second kappa shape index (κ2) is 9.63. The fourth-order valence-corrected chi connectivity index (χ4v) is 3.88. The molecular formula is C20H19N5O6S. The van der Waals surface area contributed by atoms with E-state index >= 15 is 0 Å². The van der Waals surface area contributed by atoms with Crippen molar-refractivity contribution in [2.45, 2.75) is 6.61 Å². The Morgan fingerprint density at radius 3 is 2.78 bits per heavy atom. The molecule has 3 aromatic heterocycles. The number of amides is 1. The van der Waals surface area contributed by atoms with Gasteiger partial charge in [0.25, 0.3) is 11.8 Å². The lowest BCUT2D eigenvalue weighted by Crippen LogP contribution is -2.50. The minimum atomic E-state index is -0.652. The fourth-order valence-electron chi connectivity index (χ4n) is 3.15. The summed E-state index contributed by atoms with van der Waals surface area (Å²) in [4.78, 5) is 36.3. The van der Waals surface area contributed by atoms with Crippen molar-refractivity contribution in [1.29, 1.82) is 5.26 Å². The quantitative estimate of drug-likeness (QED) is 0.484. The van der Waals surface area contributed by atoms with E-state index in [1.165, 1.54) is 17.6 Å². The highest BCUT2D eigenvalue weighted by atomic mass is 32.1. The van der Waals surface area contributed by atoms with Gasteiger partial charge in [0.05, 0.1) is 12.9 Å². The maximum Gasteiger partial charge on any atom is 0.358 e. The molecule has 3 aromatic rings. The average Bonchev–Trinajstić information content (AvgIpc) is 3.58. The van der Waals surface area contributed by atoms with Crippen LogP contribution in [0.25, 0.3) is 11.7 Å². The molecule has 4 heterocycles. The van der Waals surface area contributed by atoms with Crippen molar-refractivity contribution in [3.05, 3.63) is 40.2 Å². The molecule has 0 atom stereocenters. The highest BCUT2D eigenvalue weighted by Crippen LogP contribution is 2.29. The minimum Gasteiger partial charge on any atom is -0.459 e. The van der Waals surface area contributed by atoms with Crippen LogP contribution in [0.4, 0.5) is 5.88 Å². The van der Waals surface area contributed by atoms with Crippen molar-refractivity contribution in [2.24, 2.45) is 0 Å². The summed E-state index contributed by atoms with van der Waals surface area (Å²) in [7, 11) is 1.54. The number of thiazole rings is 1. The fraction of sp³-hybridized carbons (Fsp3) is 0.350. The van der Waals surface area contributed by atoms with Gasteiger partial charge in [0.2, 0.25) is 11.6 Å². The molecule has 0 radical (unpaired) electrons. The summed E-state index contributed by atoms with van der Waals surface area (Å²) in [6, 6.07) is 5.42. The SMILES string of the molecule is COCc1nc(C(=O)OCC(=O)N2CCN(c3oc(-c4ccco4)nc3C#N)CC2)cs1. The van der Waals surface area contributed by atoms with E-state index in [-0.39, 0.29) is 29.8 Å². The maximum atomic E-state index is 12.5. The van der Waals surface area contributed by atoms with Gasteiger partial charge in [-0.05, 0) is 12.1 Å². The molecule has 32 heavy (non-hydrogen) atoms. The first-order valence-electron chi connectivity index (χ1n) is 9.67. The van der Waals surface area contributed by atoms with E-state index in [2.05, 4.69) is 9.97 Å². The molecule has 0 unspecified atom stereocenters. The average molecular weight is 457 g/mol. The molecule has 0 saturated carbocycles. The first-order valence-corrected chi connectivity index (χ1v) is 10.5. The van der Waals surface area contributed by atoms with Crippen LogP contribution in [-0.4, -0.2) is 66.6 Å². The van der Waals surface area contributed by atoms with Gasteiger partial charge in [-0.15, -0.1) is 11.3 Å². The maximum absolute atomic E-state index is 12.5. The van der Waals surface area contributed by atoms with E-state index in [4.69, 9.17) is 18.3 Å². The summed E-state index contributed by atoms with van der Waals surface area (Å²) >= 11 is 1.29. The highest BCUT2D eigenvalue weighted by Gasteiger charge is 2.27. The normalized spacial score (nSPS) is 13.8. The first-order chi connectivity index (χ1) is 15.6. The number of hydrogen-bond donors (Lipinski definition) is 0. The highest BCUT2D eigenvalue weighted by molar-refractivity contribution is 7.09. The van der Waals surface area contributed by atoms with Crippen LogP contribution >= 0.6 is 11.3 Å². The van der Waals surface area contributed by atoms with Gasteiger partial charge in [0, 0.05) is 38.7 Å².